The van der Waals surface area contributed by atoms with Crippen molar-refractivity contribution in [3.63, 3.8) is 0 Å². The summed E-state index contributed by atoms with van der Waals surface area (Å²) >= 11 is 0. The minimum Gasteiger partial charge on any atom is -0.480 e. The van der Waals surface area contributed by atoms with Gasteiger partial charge in [-0.05, 0) is 43.2 Å². The summed E-state index contributed by atoms with van der Waals surface area (Å²) in [6.07, 6.45) is 7.59. The minimum atomic E-state index is -1.11. The second-order valence-corrected chi connectivity index (χ2v) is 7.18. The number of fused-ring (bicyclic) bond motifs is 1. The van der Waals surface area contributed by atoms with Crippen molar-refractivity contribution >= 4 is 11.9 Å². The third-order valence-electron chi connectivity index (χ3n) is 4.88. The summed E-state index contributed by atoms with van der Waals surface area (Å²) < 4.78 is 1.62. The smallest absolute Gasteiger partial charge is 0.326 e. The van der Waals surface area contributed by atoms with Crippen LogP contribution in [-0.4, -0.2) is 27.6 Å². The van der Waals surface area contributed by atoms with E-state index in [0.29, 0.717) is 6.54 Å². The molecule has 6 nitrogen and oxygen atoms in total. The number of nitrogens with zero attached hydrogens (tertiary/aromatic N) is 1. The van der Waals surface area contributed by atoms with E-state index in [4.69, 9.17) is 0 Å². The molecule has 6 heteroatoms. The lowest BCUT2D eigenvalue weighted by Gasteiger charge is -2.22. The topological polar surface area (TPSA) is 88.4 Å². The Morgan fingerprint density at radius 1 is 1.27 bits per heavy atom. The largest absolute Gasteiger partial charge is 0.480 e. The summed E-state index contributed by atoms with van der Waals surface area (Å²) in [7, 11) is 0. The van der Waals surface area contributed by atoms with Crippen LogP contribution in [-0.2, 0) is 24.2 Å². The number of hydrogen-bond acceptors (Lipinski definition) is 3. The standard InChI is InChI=1S/C20H28N2O4/c1-4-11-22-16-10-8-6-5-7-9-14(16)12-15(19(22)24)18(23)21-17(13(2)3)20(25)26/h4,12-13,17H,1,5-11H2,2-3H3,(H,21,23)(H,25,26)/t17-/m0/s1. The zero-order valence-corrected chi connectivity index (χ0v) is 15.6. The molecule has 1 amide bonds. The third kappa shape index (κ3) is 4.42. The van der Waals surface area contributed by atoms with E-state index in [1.165, 1.54) is 0 Å². The van der Waals surface area contributed by atoms with Gasteiger partial charge in [0.05, 0.1) is 0 Å². The number of aromatic nitrogens is 1. The highest BCUT2D eigenvalue weighted by Crippen LogP contribution is 2.20. The van der Waals surface area contributed by atoms with Crippen molar-refractivity contribution in [3.05, 3.63) is 45.9 Å². The van der Waals surface area contributed by atoms with Gasteiger partial charge in [-0.3, -0.25) is 9.59 Å². The molecule has 0 bridgehead atoms. The van der Waals surface area contributed by atoms with Crippen LogP contribution in [0.5, 0.6) is 0 Å². The van der Waals surface area contributed by atoms with Gasteiger partial charge in [0.25, 0.3) is 11.5 Å². The molecular weight excluding hydrogens is 332 g/mol. The van der Waals surface area contributed by atoms with Crippen LogP contribution < -0.4 is 10.9 Å². The first-order valence-corrected chi connectivity index (χ1v) is 9.27. The summed E-state index contributed by atoms with van der Waals surface area (Å²) in [5.41, 5.74) is 1.62. The summed E-state index contributed by atoms with van der Waals surface area (Å²) in [4.78, 5) is 36.9. The number of amides is 1. The monoisotopic (exact) mass is 360 g/mol. The molecule has 0 spiro atoms. The van der Waals surface area contributed by atoms with Crippen LogP contribution in [0.2, 0.25) is 0 Å². The molecule has 2 N–H and O–H groups in total. The highest BCUT2D eigenvalue weighted by Gasteiger charge is 2.26. The molecule has 1 aliphatic rings. The Morgan fingerprint density at radius 2 is 1.92 bits per heavy atom. The Labute approximate surface area is 153 Å². The Hall–Kier alpha value is -2.37. The summed E-state index contributed by atoms with van der Waals surface area (Å²) in [5, 5.41) is 11.8. The van der Waals surface area contributed by atoms with E-state index < -0.39 is 17.9 Å². The number of hydrogen-bond donors (Lipinski definition) is 2. The number of rotatable bonds is 6. The van der Waals surface area contributed by atoms with Gasteiger partial charge in [0.1, 0.15) is 11.6 Å². The van der Waals surface area contributed by atoms with E-state index >= 15 is 0 Å². The van der Waals surface area contributed by atoms with Gasteiger partial charge in [0.2, 0.25) is 0 Å². The van der Waals surface area contributed by atoms with Crippen LogP contribution in [0.15, 0.2) is 23.5 Å². The van der Waals surface area contributed by atoms with E-state index in [9.17, 15) is 19.5 Å². The van der Waals surface area contributed by atoms with Gasteiger partial charge in [-0.15, -0.1) is 6.58 Å². The Balaban J connectivity index is 2.47. The number of aliphatic carboxylic acids is 1. The SMILES string of the molecule is C=CCn1c2c(cc(C(=O)N[C@H](C(=O)O)C(C)C)c1=O)CCCCCC2. The maximum atomic E-state index is 12.9. The number of carbonyl (C=O) groups excluding carboxylic acids is 1. The number of carboxylic acid groups (broad SMARTS) is 1. The van der Waals surface area contributed by atoms with Crippen LogP contribution in [0.25, 0.3) is 0 Å². The summed E-state index contributed by atoms with van der Waals surface area (Å²) in [6, 6.07) is 0.633. The molecule has 0 saturated heterocycles. The average molecular weight is 360 g/mol. The lowest BCUT2D eigenvalue weighted by Crippen LogP contribution is -2.46. The molecule has 0 unspecified atom stereocenters. The van der Waals surface area contributed by atoms with Crippen molar-refractivity contribution < 1.29 is 14.7 Å². The van der Waals surface area contributed by atoms with E-state index in [0.717, 1.165) is 49.8 Å². The van der Waals surface area contributed by atoms with E-state index in [1.807, 2.05) is 0 Å². The van der Waals surface area contributed by atoms with Crippen molar-refractivity contribution in [1.82, 2.24) is 9.88 Å². The molecule has 1 aromatic heterocycles. The second kappa shape index (κ2) is 8.83. The van der Waals surface area contributed by atoms with Crippen molar-refractivity contribution in [3.8, 4) is 0 Å². The van der Waals surface area contributed by atoms with Crippen LogP contribution in [0.4, 0.5) is 0 Å². The van der Waals surface area contributed by atoms with Crippen LogP contribution >= 0.6 is 0 Å². The molecule has 0 saturated carbocycles. The van der Waals surface area contributed by atoms with Gasteiger partial charge in [0, 0.05) is 12.2 Å². The minimum absolute atomic E-state index is 0.0121. The molecule has 0 aliphatic heterocycles. The fourth-order valence-electron chi connectivity index (χ4n) is 3.45. The van der Waals surface area contributed by atoms with Gasteiger partial charge in [-0.25, -0.2) is 4.79 Å². The van der Waals surface area contributed by atoms with Gasteiger partial charge >= 0.3 is 5.97 Å². The molecule has 1 aliphatic carbocycles. The van der Waals surface area contributed by atoms with Gasteiger partial charge in [-0.2, -0.15) is 0 Å². The first-order chi connectivity index (χ1) is 12.4. The Bertz CT molecular complexity index is 749. The molecule has 0 radical (unpaired) electrons. The van der Waals surface area contributed by atoms with Crippen LogP contribution in [0.1, 0.15) is 61.1 Å². The first-order valence-electron chi connectivity index (χ1n) is 9.27. The van der Waals surface area contributed by atoms with E-state index in [2.05, 4.69) is 11.9 Å². The number of carbonyl (C=O) groups is 2. The van der Waals surface area contributed by atoms with Gasteiger partial charge < -0.3 is 15.0 Å². The lowest BCUT2D eigenvalue weighted by atomic mass is 9.95. The molecule has 0 fully saturated rings. The summed E-state index contributed by atoms with van der Waals surface area (Å²) in [6.45, 7) is 7.50. The molecular formula is C20H28N2O4. The normalized spacial score (nSPS) is 15.5. The van der Waals surface area contributed by atoms with Crippen molar-refractivity contribution in [2.24, 2.45) is 5.92 Å². The fraction of sp³-hybridized carbons (Fsp3) is 0.550. The second-order valence-electron chi connectivity index (χ2n) is 7.18. The molecule has 142 valence electrons. The highest BCUT2D eigenvalue weighted by molar-refractivity contribution is 5.96. The predicted molar refractivity (Wildman–Crippen MR) is 101 cm³/mol. The van der Waals surface area contributed by atoms with Crippen molar-refractivity contribution in [2.75, 3.05) is 0 Å². The van der Waals surface area contributed by atoms with Crippen LogP contribution in [0.3, 0.4) is 0 Å². The zero-order chi connectivity index (χ0) is 19.3. The highest BCUT2D eigenvalue weighted by atomic mass is 16.4. The van der Waals surface area contributed by atoms with E-state index in [1.54, 1.807) is 30.6 Å². The van der Waals surface area contributed by atoms with Crippen LogP contribution in [0, 0.1) is 5.92 Å². The molecule has 26 heavy (non-hydrogen) atoms. The number of pyridine rings is 1. The maximum absolute atomic E-state index is 12.9. The lowest BCUT2D eigenvalue weighted by molar-refractivity contribution is -0.140. The third-order valence-corrected chi connectivity index (χ3v) is 4.88. The predicted octanol–water partition coefficient (Wildman–Crippen LogP) is 2.53. The van der Waals surface area contributed by atoms with Gasteiger partial charge in [-0.1, -0.05) is 32.8 Å². The van der Waals surface area contributed by atoms with Crippen molar-refractivity contribution in [2.45, 2.75) is 65.0 Å². The fourth-order valence-corrected chi connectivity index (χ4v) is 3.45. The maximum Gasteiger partial charge on any atom is 0.326 e. The average Bonchev–Trinajstić information content (AvgIpc) is 2.55. The first kappa shape index (κ1) is 19.9. The number of allylic oxidation sites excluding steroid dienone is 1. The number of carboxylic acids is 1. The number of nitrogens with one attached hydrogen (secondary N) is 1. The number of aryl methyl sites for hydroxylation is 1. The van der Waals surface area contributed by atoms with Gasteiger partial charge in [0.15, 0.2) is 0 Å². The molecule has 0 aromatic carbocycles. The quantitative estimate of drug-likeness (QED) is 0.763. The molecule has 1 aromatic rings. The molecule has 1 heterocycles. The van der Waals surface area contributed by atoms with Crippen molar-refractivity contribution in [1.29, 1.82) is 0 Å². The zero-order valence-electron chi connectivity index (χ0n) is 15.6. The van der Waals surface area contributed by atoms with E-state index in [-0.39, 0.29) is 17.0 Å². The molecule has 1 atom stereocenters. The Kier molecular flexibility index (Phi) is 6.77. The Morgan fingerprint density at radius 3 is 2.50 bits per heavy atom. The summed E-state index contributed by atoms with van der Waals surface area (Å²) in [5.74, 6) is -2.01. The molecule has 2 rings (SSSR count).